The number of pyridine rings is 1. The Kier molecular flexibility index (Phi) is 4.87. The van der Waals surface area contributed by atoms with Crippen molar-refractivity contribution in [3.63, 3.8) is 0 Å². The molecule has 4 nitrogen and oxygen atoms in total. The number of hydrogen-bond donors (Lipinski definition) is 0. The Morgan fingerprint density at radius 3 is 2.42 bits per heavy atom. The van der Waals surface area contributed by atoms with Gasteiger partial charge in [0.15, 0.2) is 5.75 Å². The van der Waals surface area contributed by atoms with Crippen LogP contribution in [0, 0.1) is 3.70 Å². The minimum atomic E-state index is -5.23. The van der Waals surface area contributed by atoms with E-state index in [-0.39, 0.29) is 3.70 Å². The smallest absolute Gasteiger partial charge is 0.465 e. The molecule has 0 atom stereocenters. The molecule has 1 aromatic rings. The van der Waals surface area contributed by atoms with E-state index in [9.17, 15) is 26.7 Å². The van der Waals surface area contributed by atoms with Gasteiger partial charge in [-0.15, -0.1) is 13.2 Å². The molecule has 0 aromatic carbocycles. The molecule has 0 aliphatic carbocycles. The second kappa shape index (κ2) is 5.84. The van der Waals surface area contributed by atoms with Crippen molar-refractivity contribution in [2.45, 2.75) is 12.8 Å². The highest BCUT2D eigenvalue weighted by atomic mass is 127. The zero-order valence-electron chi connectivity index (χ0n) is 9.09. The number of aromatic nitrogens is 1. The first-order chi connectivity index (χ1) is 8.67. The zero-order chi connectivity index (χ0) is 14.8. The van der Waals surface area contributed by atoms with Crippen LogP contribution in [0.15, 0.2) is 6.20 Å². The molecule has 0 saturated heterocycles. The van der Waals surface area contributed by atoms with E-state index >= 15 is 0 Å². The normalized spacial score (nSPS) is 11.6. The molecule has 0 fully saturated rings. The molecular formula is C9H5F5INO3. The number of carbonyl (C=O) groups is 1. The number of hydrogen-bond acceptors (Lipinski definition) is 4. The minimum Gasteiger partial charge on any atom is -0.465 e. The van der Waals surface area contributed by atoms with Crippen molar-refractivity contribution >= 4 is 28.6 Å². The number of ether oxygens (including phenoxy) is 2. The Hall–Kier alpha value is -1.20. The van der Waals surface area contributed by atoms with E-state index in [1.807, 2.05) is 0 Å². The van der Waals surface area contributed by atoms with E-state index in [1.54, 1.807) is 0 Å². The van der Waals surface area contributed by atoms with Crippen molar-refractivity contribution < 1.29 is 36.2 Å². The van der Waals surface area contributed by atoms with Crippen LogP contribution in [0.25, 0.3) is 0 Å². The number of carbonyl (C=O) groups excluding carboxylic acids is 1. The average molecular weight is 397 g/mol. The summed E-state index contributed by atoms with van der Waals surface area (Å²) in [6.07, 6.45) is -8.00. The highest BCUT2D eigenvalue weighted by molar-refractivity contribution is 14.1. The summed E-state index contributed by atoms with van der Waals surface area (Å²) in [6, 6.07) is 0. The number of methoxy groups -OCH3 is 1. The van der Waals surface area contributed by atoms with Crippen molar-refractivity contribution in [3.05, 3.63) is 21.0 Å². The lowest BCUT2D eigenvalue weighted by Crippen LogP contribution is -2.22. The Bertz CT molecular complexity index is 491. The summed E-state index contributed by atoms with van der Waals surface area (Å²) in [5.74, 6) is -2.55. The van der Waals surface area contributed by atoms with Gasteiger partial charge < -0.3 is 9.47 Å². The van der Waals surface area contributed by atoms with Gasteiger partial charge in [0.2, 0.25) is 0 Å². The lowest BCUT2D eigenvalue weighted by molar-refractivity contribution is -0.275. The molecule has 0 saturated carbocycles. The largest absolute Gasteiger partial charge is 0.573 e. The van der Waals surface area contributed by atoms with E-state index in [4.69, 9.17) is 0 Å². The maximum Gasteiger partial charge on any atom is 0.573 e. The summed E-state index contributed by atoms with van der Waals surface area (Å²) in [5.41, 5.74) is -1.93. The van der Waals surface area contributed by atoms with Gasteiger partial charge in [-0.25, -0.2) is 18.6 Å². The lowest BCUT2D eigenvalue weighted by Gasteiger charge is -2.16. The quantitative estimate of drug-likeness (QED) is 0.340. The summed E-state index contributed by atoms with van der Waals surface area (Å²) < 4.78 is 69.4. The Balaban J connectivity index is 3.50. The van der Waals surface area contributed by atoms with Gasteiger partial charge in [0.05, 0.1) is 12.7 Å². The molecule has 1 aromatic heterocycles. The SMILES string of the molecule is COC(=O)c1c(I)ncc(C(F)F)c1OC(F)(F)F. The average Bonchev–Trinajstić information content (AvgIpc) is 2.26. The maximum absolute atomic E-state index is 12.6. The first kappa shape index (κ1) is 15.9. The number of rotatable bonds is 3. The zero-order valence-corrected chi connectivity index (χ0v) is 11.3. The van der Waals surface area contributed by atoms with Gasteiger partial charge in [0.1, 0.15) is 9.26 Å². The Morgan fingerprint density at radius 1 is 1.42 bits per heavy atom. The first-order valence-electron chi connectivity index (χ1n) is 4.48. The molecule has 106 valence electrons. The van der Waals surface area contributed by atoms with E-state index in [1.165, 1.54) is 22.6 Å². The topological polar surface area (TPSA) is 48.4 Å². The van der Waals surface area contributed by atoms with Gasteiger partial charge in [-0.05, 0) is 22.6 Å². The Labute approximate surface area is 117 Å². The van der Waals surface area contributed by atoms with Gasteiger partial charge in [-0.3, -0.25) is 0 Å². The van der Waals surface area contributed by atoms with Gasteiger partial charge in [-0.2, -0.15) is 0 Å². The number of halogens is 6. The van der Waals surface area contributed by atoms with Crippen LogP contribution in [0.1, 0.15) is 22.3 Å². The van der Waals surface area contributed by atoms with E-state index in [2.05, 4.69) is 14.5 Å². The molecule has 0 amide bonds. The highest BCUT2D eigenvalue weighted by Crippen LogP contribution is 2.37. The van der Waals surface area contributed by atoms with Crippen molar-refractivity contribution in [2.75, 3.05) is 7.11 Å². The number of alkyl halides is 5. The molecule has 19 heavy (non-hydrogen) atoms. The lowest BCUT2D eigenvalue weighted by atomic mass is 10.2. The van der Waals surface area contributed by atoms with Crippen LogP contribution in [0.2, 0.25) is 0 Å². The summed E-state index contributed by atoms with van der Waals surface area (Å²) >= 11 is 1.41. The third-order valence-electron chi connectivity index (χ3n) is 1.85. The van der Waals surface area contributed by atoms with Crippen molar-refractivity contribution in [1.82, 2.24) is 4.98 Å². The maximum atomic E-state index is 12.6. The minimum absolute atomic E-state index is 0.242. The fourth-order valence-corrected chi connectivity index (χ4v) is 1.75. The summed E-state index contributed by atoms with van der Waals surface area (Å²) in [4.78, 5) is 14.8. The molecule has 1 heterocycles. The molecular weight excluding hydrogens is 392 g/mol. The van der Waals surface area contributed by atoms with Crippen molar-refractivity contribution in [3.8, 4) is 5.75 Å². The van der Waals surface area contributed by atoms with Gasteiger partial charge in [-0.1, -0.05) is 0 Å². The van der Waals surface area contributed by atoms with Crippen LogP contribution in [0.3, 0.4) is 0 Å². The molecule has 0 radical (unpaired) electrons. The second-order valence-electron chi connectivity index (χ2n) is 3.05. The molecule has 10 heteroatoms. The molecule has 1 rings (SSSR count). The van der Waals surface area contributed by atoms with Crippen LogP contribution in [0.5, 0.6) is 5.75 Å². The van der Waals surface area contributed by atoms with E-state index in [0.717, 1.165) is 7.11 Å². The van der Waals surface area contributed by atoms with E-state index < -0.39 is 35.6 Å². The summed E-state index contributed by atoms with van der Waals surface area (Å²) in [5, 5.41) is 0. The molecule has 0 bridgehead atoms. The van der Waals surface area contributed by atoms with E-state index in [0.29, 0.717) is 6.20 Å². The van der Waals surface area contributed by atoms with Crippen LogP contribution >= 0.6 is 22.6 Å². The molecule has 0 N–H and O–H groups in total. The molecule has 0 unspecified atom stereocenters. The van der Waals surface area contributed by atoms with Crippen LogP contribution in [-0.2, 0) is 4.74 Å². The highest BCUT2D eigenvalue weighted by Gasteiger charge is 2.37. The van der Waals surface area contributed by atoms with Gasteiger partial charge in [0.25, 0.3) is 6.43 Å². The predicted molar refractivity (Wildman–Crippen MR) is 59.9 cm³/mol. The molecule has 0 aliphatic rings. The standard InChI is InChI=1S/C9H5F5INO3/c1-18-8(17)4-5(19-9(12,13)14)3(6(10)11)2-16-7(4)15/h2,6H,1H3. The third kappa shape index (κ3) is 3.88. The van der Waals surface area contributed by atoms with Crippen LogP contribution in [-0.4, -0.2) is 24.4 Å². The summed E-state index contributed by atoms with van der Waals surface area (Å²) in [7, 11) is 0.894. The van der Waals surface area contributed by atoms with Gasteiger partial charge >= 0.3 is 12.3 Å². The van der Waals surface area contributed by atoms with Crippen molar-refractivity contribution in [2.24, 2.45) is 0 Å². The van der Waals surface area contributed by atoms with Crippen LogP contribution < -0.4 is 4.74 Å². The monoisotopic (exact) mass is 397 g/mol. The van der Waals surface area contributed by atoms with Crippen molar-refractivity contribution in [1.29, 1.82) is 0 Å². The Morgan fingerprint density at radius 2 is 2.00 bits per heavy atom. The van der Waals surface area contributed by atoms with Crippen LogP contribution in [0.4, 0.5) is 22.0 Å². The number of esters is 1. The van der Waals surface area contributed by atoms with Gasteiger partial charge in [0, 0.05) is 6.20 Å². The first-order valence-corrected chi connectivity index (χ1v) is 5.56. The summed E-state index contributed by atoms with van der Waals surface area (Å²) in [6.45, 7) is 0. The number of nitrogens with zero attached hydrogens (tertiary/aromatic N) is 1. The fourth-order valence-electron chi connectivity index (χ4n) is 1.15. The predicted octanol–water partition coefficient (Wildman–Crippen LogP) is 3.31. The molecule has 0 aliphatic heterocycles. The second-order valence-corrected chi connectivity index (χ2v) is 4.07. The third-order valence-corrected chi connectivity index (χ3v) is 2.67. The fraction of sp³-hybridized carbons (Fsp3) is 0.333. The molecule has 0 spiro atoms.